The summed E-state index contributed by atoms with van der Waals surface area (Å²) in [6, 6.07) is 8.34. The first-order valence-electron chi connectivity index (χ1n) is 5.66. The van der Waals surface area contributed by atoms with Gasteiger partial charge in [0.05, 0.1) is 6.26 Å². The van der Waals surface area contributed by atoms with E-state index >= 15 is 0 Å². The Hall–Kier alpha value is -1.54. The van der Waals surface area contributed by atoms with Crippen molar-refractivity contribution in [1.29, 1.82) is 0 Å². The second-order valence-corrected chi connectivity index (χ2v) is 4.44. The van der Waals surface area contributed by atoms with Crippen molar-refractivity contribution in [2.45, 2.75) is 5.92 Å². The first-order chi connectivity index (χ1) is 7.84. The Morgan fingerprint density at radius 3 is 3.06 bits per heavy atom. The summed E-state index contributed by atoms with van der Waals surface area (Å²) < 4.78 is 5.72. The van der Waals surface area contributed by atoms with E-state index in [1.165, 1.54) is 10.8 Å². The van der Waals surface area contributed by atoms with E-state index in [0.717, 1.165) is 18.8 Å². The van der Waals surface area contributed by atoms with E-state index in [-0.39, 0.29) is 0 Å². The van der Waals surface area contributed by atoms with Gasteiger partial charge in [0.25, 0.3) is 0 Å². The third-order valence-electron chi connectivity index (χ3n) is 3.17. The van der Waals surface area contributed by atoms with Crippen molar-refractivity contribution in [3.05, 3.63) is 48.4 Å². The third kappa shape index (κ3) is 1.55. The molecular formula is C14H15NO. The molecule has 2 aromatic rings. The van der Waals surface area contributed by atoms with Crippen molar-refractivity contribution in [2.75, 3.05) is 20.1 Å². The van der Waals surface area contributed by atoms with Crippen LogP contribution in [0.1, 0.15) is 11.7 Å². The molecule has 0 saturated heterocycles. The van der Waals surface area contributed by atoms with Crippen molar-refractivity contribution in [3.63, 3.8) is 0 Å². The molecular weight excluding hydrogens is 198 g/mol. The zero-order chi connectivity index (χ0) is 11.0. The Kier molecular flexibility index (Phi) is 2.29. The summed E-state index contributed by atoms with van der Waals surface area (Å²) in [6.45, 7) is 2.07. The van der Waals surface area contributed by atoms with Crippen molar-refractivity contribution in [3.8, 4) is 0 Å². The fourth-order valence-corrected chi connectivity index (χ4v) is 2.35. The van der Waals surface area contributed by atoms with Gasteiger partial charge in [0.2, 0.25) is 0 Å². The van der Waals surface area contributed by atoms with Gasteiger partial charge in [0.1, 0.15) is 5.76 Å². The van der Waals surface area contributed by atoms with E-state index in [2.05, 4.69) is 42.3 Å². The summed E-state index contributed by atoms with van der Waals surface area (Å²) in [5.41, 5.74) is 0. The highest BCUT2D eigenvalue weighted by Gasteiger charge is 2.19. The Balaban J connectivity index is 2.05. The van der Waals surface area contributed by atoms with Crippen molar-refractivity contribution < 1.29 is 4.42 Å². The highest BCUT2D eigenvalue weighted by atomic mass is 16.3. The molecule has 0 amide bonds. The lowest BCUT2D eigenvalue weighted by Gasteiger charge is -2.23. The lowest BCUT2D eigenvalue weighted by molar-refractivity contribution is 0.327. The molecule has 1 unspecified atom stereocenters. The van der Waals surface area contributed by atoms with Gasteiger partial charge < -0.3 is 9.32 Å². The molecule has 0 bridgehead atoms. The zero-order valence-corrected chi connectivity index (χ0v) is 9.39. The summed E-state index contributed by atoms with van der Waals surface area (Å²) in [5, 5.41) is 2.44. The smallest absolute Gasteiger partial charge is 0.119 e. The quantitative estimate of drug-likeness (QED) is 0.677. The van der Waals surface area contributed by atoms with Crippen LogP contribution in [0.5, 0.6) is 0 Å². The van der Waals surface area contributed by atoms with Gasteiger partial charge in [0.15, 0.2) is 0 Å². The predicted molar refractivity (Wildman–Crippen MR) is 65.6 cm³/mol. The summed E-state index contributed by atoms with van der Waals surface area (Å²) in [5.74, 6) is 1.48. The average molecular weight is 213 g/mol. The molecule has 2 heteroatoms. The lowest BCUT2D eigenvalue weighted by atomic mass is 9.99. The second-order valence-electron chi connectivity index (χ2n) is 4.44. The number of likely N-dealkylation sites (N-methyl/N-ethyl adjacent to an activating group) is 1. The summed E-state index contributed by atoms with van der Waals surface area (Å²) in [6.07, 6.45) is 6.32. The van der Waals surface area contributed by atoms with Crippen molar-refractivity contribution in [2.24, 2.45) is 0 Å². The molecule has 1 aromatic heterocycles. The second kappa shape index (κ2) is 3.80. The number of furan rings is 1. The molecule has 0 spiro atoms. The number of nitrogens with zero attached hydrogens (tertiary/aromatic N) is 1. The summed E-state index contributed by atoms with van der Waals surface area (Å²) in [7, 11) is 2.14. The monoisotopic (exact) mass is 213 g/mol. The highest BCUT2D eigenvalue weighted by Crippen LogP contribution is 2.30. The largest absolute Gasteiger partial charge is 0.467 e. The third-order valence-corrected chi connectivity index (χ3v) is 3.17. The fraction of sp³-hybridized carbons (Fsp3) is 0.286. The Morgan fingerprint density at radius 2 is 2.19 bits per heavy atom. The minimum absolute atomic E-state index is 0.388. The summed E-state index contributed by atoms with van der Waals surface area (Å²) in [4.78, 5) is 2.31. The molecule has 1 aliphatic heterocycles. The van der Waals surface area contributed by atoms with Crippen LogP contribution in [0.2, 0.25) is 0 Å². The Bertz CT molecular complexity index is 526. The minimum Gasteiger partial charge on any atom is -0.467 e. The van der Waals surface area contributed by atoms with E-state index in [1.807, 2.05) is 12.3 Å². The van der Waals surface area contributed by atoms with Gasteiger partial charge in [-0.2, -0.15) is 0 Å². The molecule has 16 heavy (non-hydrogen) atoms. The van der Waals surface area contributed by atoms with Gasteiger partial charge in [-0.1, -0.05) is 36.4 Å². The van der Waals surface area contributed by atoms with Gasteiger partial charge in [-0.25, -0.2) is 0 Å². The van der Waals surface area contributed by atoms with E-state index in [9.17, 15) is 0 Å². The molecule has 0 aliphatic carbocycles. The Morgan fingerprint density at radius 1 is 1.31 bits per heavy atom. The molecule has 1 aliphatic rings. The van der Waals surface area contributed by atoms with Crippen LogP contribution < -0.4 is 0 Å². The highest BCUT2D eigenvalue weighted by molar-refractivity contribution is 5.84. The topological polar surface area (TPSA) is 16.4 Å². The van der Waals surface area contributed by atoms with Crippen molar-refractivity contribution in [1.82, 2.24) is 4.90 Å². The maximum Gasteiger partial charge on any atom is 0.119 e. The molecule has 2 heterocycles. The molecule has 0 fully saturated rings. The number of rotatable bonds is 1. The van der Waals surface area contributed by atoms with Crippen LogP contribution >= 0.6 is 0 Å². The molecule has 3 rings (SSSR count). The van der Waals surface area contributed by atoms with Crippen LogP contribution in [0.25, 0.3) is 10.8 Å². The number of fused-ring (bicyclic) bond motifs is 1. The number of hydrogen-bond acceptors (Lipinski definition) is 2. The first kappa shape index (κ1) is 9.67. The number of hydrogen-bond donors (Lipinski definition) is 0. The first-order valence-corrected chi connectivity index (χ1v) is 5.66. The van der Waals surface area contributed by atoms with Gasteiger partial charge >= 0.3 is 0 Å². The average Bonchev–Trinajstić information content (AvgIpc) is 2.72. The standard InChI is InChI=1S/C14H15NO/c1-15-8-4-6-11(9-15)14-13-7-3-2-5-12(13)10-16-14/h2-7,10-11H,8-9H2,1H3. The van der Waals surface area contributed by atoms with Crippen LogP contribution in [0.4, 0.5) is 0 Å². The van der Waals surface area contributed by atoms with Crippen LogP contribution in [0.15, 0.2) is 47.1 Å². The molecule has 82 valence electrons. The van der Waals surface area contributed by atoms with Gasteiger partial charge in [-0.05, 0) is 7.05 Å². The SMILES string of the molecule is CN1CC=CC(c2occ3ccccc23)C1. The van der Waals surface area contributed by atoms with Crippen LogP contribution in [0, 0.1) is 0 Å². The van der Waals surface area contributed by atoms with Crippen LogP contribution in [-0.2, 0) is 0 Å². The maximum atomic E-state index is 5.72. The van der Waals surface area contributed by atoms with E-state index in [4.69, 9.17) is 4.42 Å². The maximum absolute atomic E-state index is 5.72. The van der Waals surface area contributed by atoms with Crippen LogP contribution in [-0.4, -0.2) is 25.0 Å². The van der Waals surface area contributed by atoms with E-state index in [0.29, 0.717) is 5.92 Å². The van der Waals surface area contributed by atoms with E-state index < -0.39 is 0 Å². The van der Waals surface area contributed by atoms with Crippen LogP contribution in [0.3, 0.4) is 0 Å². The predicted octanol–water partition coefficient (Wildman–Crippen LogP) is 3.02. The minimum atomic E-state index is 0.388. The molecule has 1 atom stereocenters. The molecule has 2 nitrogen and oxygen atoms in total. The van der Waals surface area contributed by atoms with Gasteiger partial charge in [-0.15, -0.1) is 0 Å². The van der Waals surface area contributed by atoms with E-state index in [1.54, 1.807) is 0 Å². The van der Waals surface area contributed by atoms with Gasteiger partial charge in [-0.3, -0.25) is 0 Å². The molecule has 0 radical (unpaired) electrons. The molecule has 1 aromatic carbocycles. The normalized spacial score (nSPS) is 21.7. The zero-order valence-electron chi connectivity index (χ0n) is 9.39. The lowest BCUT2D eigenvalue weighted by Crippen LogP contribution is -2.27. The molecule has 0 saturated carbocycles. The summed E-state index contributed by atoms with van der Waals surface area (Å²) >= 11 is 0. The van der Waals surface area contributed by atoms with Gasteiger partial charge in [0, 0.05) is 29.8 Å². The molecule has 0 N–H and O–H groups in total. The van der Waals surface area contributed by atoms with Crippen molar-refractivity contribution >= 4 is 10.8 Å². The Labute approximate surface area is 95.2 Å². The fourth-order valence-electron chi connectivity index (χ4n) is 2.35. The number of benzene rings is 1.